The number of ether oxygens (including phenoxy) is 1. The third kappa shape index (κ3) is 8.17. The van der Waals surface area contributed by atoms with Crippen LogP contribution < -0.4 is 32.6 Å². The number of benzene rings is 2. The summed E-state index contributed by atoms with van der Waals surface area (Å²) < 4.78 is 5.23. The molecule has 2 aromatic rings. The molecule has 2 atom stereocenters. The number of nitrogens with two attached hydrogens (primary N) is 3. The van der Waals surface area contributed by atoms with Crippen molar-refractivity contribution in [1.29, 1.82) is 0 Å². The number of amides is 3. The van der Waals surface area contributed by atoms with E-state index in [9.17, 15) is 14.4 Å². The Bertz CT molecular complexity index is 976. The molecule has 0 saturated carbocycles. The first-order valence-electron chi connectivity index (χ1n) is 10.4. The SMILES string of the molecule is COc1ccccc1C(=O)N[C@@H](CCCN=C(N)N)C(=O)N[C@@H](Cc1ccccc1)C(N)=O. The van der Waals surface area contributed by atoms with E-state index < -0.39 is 29.8 Å². The van der Waals surface area contributed by atoms with Crippen LogP contribution in [0.1, 0.15) is 28.8 Å². The Hall–Kier alpha value is -4.08. The molecule has 10 heteroatoms. The lowest BCUT2D eigenvalue weighted by Crippen LogP contribution is -2.53. The van der Waals surface area contributed by atoms with E-state index in [-0.39, 0.29) is 30.9 Å². The zero-order valence-corrected chi connectivity index (χ0v) is 18.5. The number of hydrogen-bond acceptors (Lipinski definition) is 5. The molecule has 0 aliphatic heterocycles. The second kappa shape index (κ2) is 12.7. The van der Waals surface area contributed by atoms with E-state index in [0.29, 0.717) is 12.2 Å². The Morgan fingerprint density at radius 2 is 1.61 bits per heavy atom. The first-order chi connectivity index (χ1) is 15.8. The van der Waals surface area contributed by atoms with Crippen LogP contribution in [-0.4, -0.2) is 49.4 Å². The molecule has 33 heavy (non-hydrogen) atoms. The van der Waals surface area contributed by atoms with E-state index in [1.54, 1.807) is 24.3 Å². The van der Waals surface area contributed by atoms with E-state index in [0.717, 1.165) is 5.56 Å². The molecular formula is C23H30N6O4. The molecule has 0 fully saturated rings. The predicted molar refractivity (Wildman–Crippen MR) is 125 cm³/mol. The maximum absolute atomic E-state index is 13.0. The number of methoxy groups -OCH3 is 1. The van der Waals surface area contributed by atoms with Gasteiger partial charge >= 0.3 is 0 Å². The Labute approximate surface area is 192 Å². The highest BCUT2D eigenvalue weighted by molar-refractivity contribution is 6.00. The van der Waals surface area contributed by atoms with Crippen molar-refractivity contribution < 1.29 is 19.1 Å². The van der Waals surface area contributed by atoms with E-state index in [4.69, 9.17) is 21.9 Å². The lowest BCUT2D eigenvalue weighted by atomic mass is 10.0. The number of nitrogens with zero attached hydrogens (tertiary/aromatic N) is 1. The van der Waals surface area contributed by atoms with Gasteiger partial charge in [-0.2, -0.15) is 0 Å². The summed E-state index contributed by atoms with van der Waals surface area (Å²) in [4.78, 5) is 41.8. The predicted octanol–water partition coefficient (Wildman–Crippen LogP) is 0.0600. The van der Waals surface area contributed by atoms with Gasteiger partial charge in [0.05, 0.1) is 12.7 Å². The monoisotopic (exact) mass is 454 g/mol. The van der Waals surface area contributed by atoms with Crippen molar-refractivity contribution in [1.82, 2.24) is 10.6 Å². The lowest BCUT2D eigenvalue weighted by Gasteiger charge is -2.22. The molecule has 176 valence electrons. The van der Waals surface area contributed by atoms with E-state index in [1.165, 1.54) is 7.11 Å². The normalized spacial score (nSPS) is 12.2. The van der Waals surface area contributed by atoms with Crippen molar-refractivity contribution >= 4 is 23.7 Å². The summed E-state index contributed by atoms with van der Waals surface area (Å²) in [5.41, 5.74) is 17.3. The molecule has 0 unspecified atom stereocenters. The second-order valence-corrected chi connectivity index (χ2v) is 7.33. The Morgan fingerprint density at radius 3 is 2.24 bits per heavy atom. The first-order valence-corrected chi connectivity index (χ1v) is 10.4. The standard InChI is InChI=1S/C23H30N6O4/c1-33-19-12-6-5-10-16(19)21(31)28-17(11-7-13-27-23(25)26)22(32)29-18(20(24)30)14-15-8-3-2-4-9-15/h2-6,8-10,12,17-18H,7,11,13-14H2,1H3,(H2,24,30)(H,28,31)(H,29,32)(H4,25,26,27)/t17-,18-/m0/s1. The van der Waals surface area contributed by atoms with E-state index in [1.807, 2.05) is 30.3 Å². The van der Waals surface area contributed by atoms with Gasteiger partial charge in [-0.25, -0.2) is 0 Å². The largest absolute Gasteiger partial charge is 0.496 e. The molecule has 2 rings (SSSR count). The van der Waals surface area contributed by atoms with Crippen LogP contribution >= 0.6 is 0 Å². The van der Waals surface area contributed by atoms with Gasteiger partial charge in [0.1, 0.15) is 17.8 Å². The summed E-state index contributed by atoms with van der Waals surface area (Å²) in [6.07, 6.45) is 0.880. The van der Waals surface area contributed by atoms with Crippen molar-refractivity contribution in [3.63, 3.8) is 0 Å². The minimum atomic E-state index is -0.950. The fourth-order valence-electron chi connectivity index (χ4n) is 3.19. The van der Waals surface area contributed by atoms with Crippen LogP contribution in [0.25, 0.3) is 0 Å². The molecule has 0 aliphatic rings. The molecule has 0 bridgehead atoms. The highest BCUT2D eigenvalue weighted by atomic mass is 16.5. The number of carbonyl (C=O) groups excluding carboxylic acids is 3. The van der Waals surface area contributed by atoms with Crippen molar-refractivity contribution in [2.24, 2.45) is 22.2 Å². The number of primary amides is 1. The average Bonchev–Trinajstić information content (AvgIpc) is 2.80. The topological polar surface area (TPSA) is 175 Å². The van der Waals surface area contributed by atoms with Gasteiger partial charge < -0.3 is 32.6 Å². The Balaban J connectivity index is 2.16. The van der Waals surface area contributed by atoms with Gasteiger partial charge in [-0.05, 0) is 30.5 Å². The van der Waals surface area contributed by atoms with Crippen molar-refractivity contribution in [3.05, 3.63) is 65.7 Å². The quantitative estimate of drug-likeness (QED) is 0.172. The van der Waals surface area contributed by atoms with Crippen LogP contribution in [-0.2, 0) is 16.0 Å². The van der Waals surface area contributed by atoms with E-state index >= 15 is 0 Å². The highest BCUT2D eigenvalue weighted by Gasteiger charge is 2.26. The van der Waals surface area contributed by atoms with Gasteiger partial charge in [0.25, 0.3) is 5.91 Å². The molecule has 0 heterocycles. The number of rotatable bonds is 12. The zero-order valence-electron chi connectivity index (χ0n) is 18.5. The molecule has 0 spiro atoms. The zero-order chi connectivity index (χ0) is 24.2. The van der Waals surface area contributed by atoms with Crippen molar-refractivity contribution in [2.75, 3.05) is 13.7 Å². The highest BCUT2D eigenvalue weighted by Crippen LogP contribution is 2.17. The fraction of sp³-hybridized carbons (Fsp3) is 0.304. The van der Waals surface area contributed by atoms with Crippen LogP contribution in [0.4, 0.5) is 0 Å². The number of guanidine groups is 1. The maximum atomic E-state index is 13.0. The molecule has 0 aromatic heterocycles. The molecule has 8 N–H and O–H groups in total. The van der Waals surface area contributed by atoms with Crippen LogP contribution in [0.15, 0.2) is 59.6 Å². The molecule has 10 nitrogen and oxygen atoms in total. The van der Waals surface area contributed by atoms with Gasteiger partial charge in [0, 0.05) is 13.0 Å². The number of hydrogen-bond donors (Lipinski definition) is 5. The van der Waals surface area contributed by atoms with Crippen molar-refractivity contribution in [3.8, 4) is 5.75 Å². The minimum Gasteiger partial charge on any atom is -0.496 e. The summed E-state index contributed by atoms with van der Waals surface area (Å²) in [5.74, 6) is -1.40. The Kier molecular flexibility index (Phi) is 9.69. The number of para-hydroxylation sites is 1. The number of nitrogens with one attached hydrogen (secondary N) is 2. The van der Waals surface area contributed by atoms with Gasteiger partial charge in [-0.15, -0.1) is 0 Å². The fourth-order valence-corrected chi connectivity index (χ4v) is 3.19. The average molecular weight is 455 g/mol. The van der Waals surface area contributed by atoms with E-state index in [2.05, 4.69) is 15.6 Å². The third-order valence-electron chi connectivity index (χ3n) is 4.86. The number of aliphatic imine (C=N–C) groups is 1. The van der Waals surface area contributed by atoms with Crippen molar-refractivity contribution in [2.45, 2.75) is 31.3 Å². The first kappa shape index (κ1) is 25.2. The molecular weight excluding hydrogens is 424 g/mol. The Morgan fingerprint density at radius 1 is 0.939 bits per heavy atom. The summed E-state index contributed by atoms with van der Waals surface area (Å²) in [6, 6.07) is 13.9. The van der Waals surface area contributed by atoms with Gasteiger partial charge in [0.15, 0.2) is 5.96 Å². The molecule has 0 saturated heterocycles. The smallest absolute Gasteiger partial charge is 0.255 e. The molecule has 0 aliphatic carbocycles. The molecule has 0 radical (unpaired) electrons. The van der Waals surface area contributed by atoms with Crippen LogP contribution in [0.2, 0.25) is 0 Å². The molecule has 3 amide bonds. The van der Waals surface area contributed by atoms with Crippen LogP contribution in [0.3, 0.4) is 0 Å². The second-order valence-electron chi connectivity index (χ2n) is 7.33. The minimum absolute atomic E-state index is 0.0642. The van der Waals surface area contributed by atoms with Gasteiger partial charge in [-0.3, -0.25) is 19.4 Å². The third-order valence-corrected chi connectivity index (χ3v) is 4.86. The number of carbonyl (C=O) groups is 3. The summed E-state index contributed by atoms with van der Waals surface area (Å²) in [6.45, 7) is 0.278. The molecule has 2 aromatic carbocycles. The van der Waals surface area contributed by atoms with Gasteiger partial charge in [-0.1, -0.05) is 42.5 Å². The summed E-state index contributed by atoms with van der Waals surface area (Å²) in [5, 5.41) is 5.37. The lowest BCUT2D eigenvalue weighted by molar-refractivity contribution is -0.128. The van der Waals surface area contributed by atoms with Crippen LogP contribution in [0, 0.1) is 0 Å². The van der Waals surface area contributed by atoms with Gasteiger partial charge in [0.2, 0.25) is 11.8 Å². The summed E-state index contributed by atoms with van der Waals surface area (Å²) in [7, 11) is 1.45. The summed E-state index contributed by atoms with van der Waals surface area (Å²) >= 11 is 0. The maximum Gasteiger partial charge on any atom is 0.255 e. The van der Waals surface area contributed by atoms with Crippen LogP contribution in [0.5, 0.6) is 5.75 Å².